The summed E-state index contributed by atoms with van der Waals surface area (Å²) in [5.74, 6) is 1.95. The van der Waals surface area contributed by atoms with Crippen LogP contribution in [0.3, 0.4) is 0 Å². The highest BCUT2D eigenvalue weighted by molar-refractivity contribution is 6.32. The third-order valence-corrected chi connectivity index (χ3v) is 5.32. The van der Waals surface area contributed by atoms with Gasteiger partial charge in [0.05, 0.1) is 5.02 Å². The minimum Gasteiger partial charge on any atom is -0.456 e. The van der Waals surface area contributed by atoms with E-state index in [0.29, 0.717) is 22.5 Å². The predicted octanol–water partition coefficient (Wildman–Crippen LogP) is 4.24. The van der Waals surface area contributed by atoms with E-state index < -0.39 is 5.66 Å². The maximum absolute atomic E-state index is 6.25. The minimum atomic E-state index is -0.445. The standard InChI is InChI=1S/C20H22ClN5O/c21-16-6-2-3-7-17(16)27-15-10-8-14(9-11-15)26-19(23)24-18(22)25-20(26)12-4-1-5-13-20/h2-3,6-11H,1,4-5,12-13H2,(H4,22,23,24,25). The summed E-state index contributed by atoms with van der Waals surface area (Å²) >= 11 is 6.17. The smallest absolute Gasteiger partial charge is 0.220 e. The van der Waals surface area contributed by atoms with Crippen LogP contribution in [0.2, 0.25) is 5.02 Å². The van der Waals surface area contributed by atoms with Crippen LogP contribution in [0, 0.1) is 0 Å². The molecule has 0 aromatic heterocycles. The lowest BCUT2D eigenvalue weighted by molar-refractivity contribution is 0.305. The zero-order valence-electron chi connectivity index (χ0n) is 14.9. The van der Waals surface area contributed by atoms with Crippen LogP contribution in [0.5, 0.6) is 11.5 Å². The number of guanidine groups is 2. The Bertz CT molecular complexity index is 888. The van der Waals surface area contributed by atoms with Gasteiger partial charge in [-0.1, -0.05) is 30.2 Å². The van der Waals surface area contributed by atoms with Crippen molar-refractivity contribution in [1.82, 2.24) is 0 Å². The monoisotopic (exact) mass is 383 g/mol. The molecule has 1 heterocycles. The second-order valence-electron chi connectivity index (χ2n) is 6.84. The number of hydrogen-bond acceptors (Lipinski definition) is 6. The van der Waals surface area contributed by atoms with Crippen molar-refractivity contribution in [2.75, 3.05) is 4.90 Å². The molecule has 0 atom stereocenters. The number of rotatable bonds is 3. The van der Waals surface area contributed by atoms with E-state index in [-0.39, 0.29) is 5.96 Å². The largest absolute Gasteiger partial charge is 0.456 e. The molecule has 27 heavy (non-hydrogen) atoms. The van der Waals surface area contributed by atoms with Gasteiger partial charge < -0.3 is 16.2 Å². The van der Waals surface area contributed by atoms with Crippen molar-refractivity contribution < 1.29 is 4.74 Å². The van der Waals surface area contributed by atoms with Gasteiger partial charge in [0.15, 0.2) is 0 Å². The zero-order valence-corrected chi connectivity index (χ0v) is 15.7. The second kappa shape index (κ2) is 7.12. The van der Waals surface area contributed by atoms with Gasteiger partial charge >= 0.3 is 0 Å². The molecule has 4 N–H and O–H groups in total. The summed E-state index contributed by atoms with van der Waals surface area (Å²) in [5, 5.41) is 0.569. The van der Waals surface area contributed by atoms with Crippen molar-refractivity contribution in [3.63, 3.8) is 0 Å². The minimum absolute atomic E-state index is 0.254. The Balaban J connectivity index is 1.62. The highest BCUT2D eigenvalue weighted by Crippen LogP contribution is 2.40. The fourth-order valence-electron chi connectivity index (χ4n) is 3.81. The van der Waals surface area contributed by atoms with Gasteiger partial charge in [0, 0.05) is 5.69 Å². The number of benzene rings is 2. The molecule has 6 nitrogen and oxygen atoms in total. The lowest BCUT2D eigenvalue weighted by Gasteiger charge is -2.45. The summed E-state index contributed by atoms with van der Waals surface area (Å²) < 4.78 is 5.87. The molecule has 7 heteroatoms. The number of nitrogens with two attached hydrogens (primary N) is 2. The van der Waals surface area contributed by atoms with Crippen LogP contribution in [0.1, 0.15) is 32.1 Å². The highest BCUT2D eigenvalue weighted by Gasteiger charge is 2.42. The molecule has 2 aromatic carbocycles. The molecule has 1 aliphatic carbocycles. The number of hydrogen-bond donors (Lipinski definition) is 2. The Morgan fingerprint density at radius 3 is 2.37 bits per heavy atom. The first-order chi connectivity index (χ1) is 13.1. The van der Waals surface area contributed by atoms with Gasteiger partial charge in [0.25, 0.3) is 0 Å². The average molecular weight is 384 g/mol. The normalized spacial score (nSPS) is 18.8. The first-order valence-electron chi connectivity index (χ1n) is 9.10. The molecule has 0 saturated heterocycles. The molecule has 1 fully saturated rings. The molecule has 0 radical (unpaired) electrons. The predicted molar refractivity (Wildman–Crippen MR) is 110 cm³/mol. The van der Waals surface area contributed by atoms with Crippen LogP contribution in [0.15, 0.2) is 58.5 Å². The van der Waals surface area contributed by atoms with Crippen molar-refractivity contribution in [3.8, 4) is 11.5 Å². The molecular weight excluding hydrogens is 362 g/mol. The number of ether oxygens (including phenoxy) is 1. The van der Waals surface area contributed by atoms with Crippen LogP contribution >= 0.6 is 11.6 Å². The summed E-state index contributed by atoms with van der Waals surface area (Å²) in [7, 11) is 0. The van der Waals surface area contributed by atoms with Crippen LogP contribution in [0.4, 0.5) is 5.69 Å². The topological polar surface area (TPSA) is 89.2 Å². The molecule has 1 spiro atoms. The Kier molecular flexibility index (Phi) is 4.66. The molecule has 1 saturated carbocycles. The maximum Gasteiger partial charge on any atom is 0.220 e. The van der Waals surface area contributed by atoms with E-state index in [0.717, 1.165) is 31.4 Å². The maximum atomic E-state index is 6.25. The molecule has 0 unspecified atom stereocenters. The number of halogens is 1. The van der Waals surface area contributed by atoms with Crippen molar-refractivity contribution in [2.24, 2.45) is 21.5 Å². The first kappa shape index (κ1) is 17.7. The Morgan fingerprint density at radius 2 is 1.67 bits per heavy atom. The average Bonchev–Trinajstić information content (AvgIpc) is 2.65. The molecule has 140 valence electrons. The third kappa shape index (κ3) is 3.45. The lowest BCUT2D eigenvalue weighted by Crippen LogP contribution is -2.58. The Morgan fingerprint density at radius 1 is 0.963 bits per heavy atom. The van der Waals surface area contributed by atoms with E-state index in [1.54, 1.807) is 6.07 Å². The molecule has 1 aliphatic heterocycles. The van der Waals surface area contributed by atoms with Gasteiger partial charge in [-0.25, -0.2) is 4.99 Å². The fourth-order valence-corrected chi connectivity index (χ4v) is 3.99. The van der Waals surface area contributed by atoms with Gasteiger partial charge in [-0.3, -0.25) is 4.90 Å². The summed E-state index contributed by atoms with van der Waals surface area (Å²) in [6, 6.07) is 15.1. The van der Waals surface area contributed by atoms with Crippen LogP contribution in [-0.4, -0.2) is 17.6 Å². The zero-order chi connectivity index (χ0) is 18.9. The molecule has 2 aliphatic rings. The summed E-state index contributed by atoms with van der Waals surface area (Å²) in [5.41, 5.74) is 12.6. The fraction of sp³-hybridized carbons (Fsp3) is 0.300. The number of aliphatic imine (C=N–C) groups is 2. The first-order valence-corrected chi connectivity index (χ1v) is 9.47. The van der Waals surface area contributed by atoms with Crippen LogP contribution in [-0.2, 0) is 0 Å². The van der Waals surface area contributed by atoms with Gasteiger partial charge in [-0.15, -0.1) is 0 Å². The molecular formula is C20H22ClN5O. The summed E-state index contributed by atoms with van der Waals surface area (Å²) in [4.78, 5) is 10.9. The van der Waals surface area contributed by atoms with E-state index >= 15 is 0 Å². The van der Waals surface area contributed by atoms with Crippen molar-refractivity contribution in [1.29, 1.82) is 0 Å². The van der Waals surface area contributed by atoms with Gasteiger partial charge in [0.1, 0.15) is 17.2 Å². The van der Waals surface area contributed by atoms with Crippen molar-refractivity contribution in [3.05, 3.63) is 53.6 Å². The van der Waals surface area contributed by atoms with E-state index in [1.165, 1.54) is 6.42 Å². The molecule has 2 aromatic rings. The van der Waals surface area contributed by atoms with Gasteiger partial charge in [-0.05, 0) is 62.1 Å². The Hall–Kier alpha value is -2.73. The molecule has 4 rings (SSSR count). The number of anilines is 1. The van der Waals surface area contributed by atoms with E-state index in [2.05, 4.69) is 9.98 Å². The SMILES string of the molecule is NC1=NC2(CCCCC2)N(c2ccc(Oc3ccccc3Cl)cc2)C(N)=N1. The summed E-state index contributed by atoms with van der Waals surface area (Å²) in [6.45, 7) is 0. The number of para-hydroxylation sites is 1. The van der Waals surface area contributed by atoms with E-state index in [1.807, 2.05) is 47.4 Å². The van der Waals surface area contributed by atoms with Gasteiger partial charge in [0.2, 0.25) is 11.9 Å². The van der Waals surface area contributed by atoms with Crippen molar-refractivity contribution in [2.45, 2.75) is 37.8 Å². The quantitative estimate of drug-likeness (QED) is 0.829. The third-order valence-electron chi connectivity index (χ3n) is 5.01. The second-order valence-corrected chi connectivity index (χ2v) is 7.25. The molecule has 0 bridgehead atoms. The van der Waals surface area contributed by atoms with E-state index in [4.69, 9.17) is 27.8 Å². The lowest BCUT2D eigenvalue weighted by atomic mass is 9.87. The highest BCUT2D eigenvalue weighted by atomic mass is 35.5. The van der Waals surface area contributed by atoms with Crippen LogP contribution < -0.4 is 21.1 Å². The Labute approximate surface area is 163 Å². The van der Waals surface area contributed by atoms with Crippen LogP contribution in [0.25, 0.3) is 0 Å². The number of nitrogens with zero attached hydrogens (tertiary/aromatic N) is 3. The van der Waals surface area contributed by atoms with Crippen molar-refractivity contribution >= 4 is 29.2 Å². The summed E-state index contributed by atoms with van der Waals surface area (Å²) in [6.07, 6.45) is 5.19. The molecule has 0 amide bonds. The van der Waals surface area contributed by atoms with E-state index in [9.17, 15) is 0 Å². The van der Waals surface area contributed by atoms with Gasteiger partial charge in [-0.2, -0.15) is 4.99 Å².